The average molecular weight is 369 g/mol. The first kappa shape index (κ1) is 20.0. The van der Waals surface area contributed by atoms with Crippen LogP contribution in [0.15, 0.2) is 48.5 Å². The number of hydrogen-bond donors (Lipinski definition) is 3. The van der Waals surface area contributed by atoms with E-state index in [-0.39, 0.29) is 25.4 Å². The number of amides is 3. The van der Waals surface area contributed by atoms with Gasteiger partial charge in [0.05, 0.1) is 0 Å². The van der Waals surface area contributed by atoms with E-state index in [1.807, 2.05) is 38.1 Å². The lowest BCUT2D eigenvalue weighted by Gasteiger charge is -2.10. The van der Waals surface area contributed by atoms with Gasteiger partial charge in [-0.25, -0.2) is 0 Å². The summed E-state index contributed by atoms with van der Waals surface area (Å²) in [5.41, 5.74) is 7.22. The zero-order chi connectivity index (χ0) is 19.6. The standard InChI is InChI=1S/C20H23N3O4/c1-14-8-9-15(2)17(12-14)21-18(24)10-11-19(25)22-23-20(26)13-27-16-6-4-3-5-7-16/h3-9,12H,10-11,13H2,1-2H3,(H,21,24)(H,22,25)(H,23,26). The van der Waals surface area contributed by atoms with Crippen molar-refractivity contribution < 1.29 is 19.1 Å². The van der Waals surface area contributed by atoms with Crippen LogP contribution in [0.4, 0.5) is 5.69 Å². The normalized spacial score (nSPS) is 10.0. The van der Waals surface area contributed by atoms with Crippen LogP contribution >= 0.6 is 0 Å². The molecule has 0 aromatic heterocycles. The third-order valence-electron chi connectivity index (χ3n) is 3.70. The summed E-state index contributed by atoms with van der Waals surface area (Å²) in [6.07, 6.45) is -0.0356. The number of carbonyl (C=O) groups is 3. The van der Waals surface area contributed by atoms with E-state index in [9.17, 15) is 14.4 Å². The molecule has 2 aromatic carbocycles. The molecule has 2 aromatic rings. The van der Waals surface area contributed by atoms with Crippen molar-refractivity contribution >= 4 is 23.4 Å². The molecule has 0 aliphatic carbocycles. The summed E-state index contributed by atoms with van der Waals surface area (Å²) in [7, 11) is 0. The summed E-state index contributed by atoms with van der Waals surface area (Å²) in [6.45, 7) is 3.61. The monoisotopic (exact) mass is 369 g/mol. The molecule has 2 rings (SSSR count). The molecule has 0 saturated carbocycles. The van der Waals surface area contributed by atoms with E-state index in [0.717, 1.165) is 16.8 Å². The van der Waals surface area contributed by atoms with Crippen LogP contribution in [0.25, 0.3) is 0 Å². The molecule has 0 atom stereocenters. The summed E-state index contributed by atoms with van der Waals surface area (Å²) in [5.74, 6) is -0.661. The van der Waals surface area contributed by atoms with Crippen LogP contribution in [0.3, 0.4) is 0 Å². The van der Waals surface area contributed by atoms with Crippen molar-refractivity contribution in [1.29, 1.82) is 0 Å². The minimum atomic E-state index is -0.493. The second kappa shape index (κ2) is 9.96. The molecule has 0 radical (unpaired) electrons. The Kier molecular flexibility index (Phi) is 7.37. The fourth-order valence-electron chi connectivity index (χ4n) is 2.21. The summed E-state index contributed by atoms with van der Waals surface area (Å²) < 4.78 is 5.26. The molecule has 0 aliphatic rings. The number of hydrogen-bond acceptors (Lipinski definition) is 4. The highest BCUT2D eigenvalue weighted by atomic mass is 16.5. The summed E-state index contributed by atoms with van der Waals surface area (Å²) in [4.78, 5) is 35.4. The van der Waals surface area contributed by atoms with E-state index >= 15 is 0 Å². The van der Waals surface area contributed by atoms with Gasteiger partial charge in [0.25, 0.3) is 5.91 Å². The molecule has 7 heteroatoms. The van der Waals surface area contributed by atoms with E-state index in [1.54, 1.807) is 24.3 Å². The molecule has 0 fully saturated rings. The quantitative estimate of drug-likeness (QED) is 0.652. The molecule has 27 heavy (non-hydrogen) atoms. The average Bonchev–Trinajstić information content (AvgIpc) is 2.66. The van der Waals surface area contributed by atoms with Crippen molar-refractivity contribution in [3.63, 3.8) is 0 Å². The molecule has 142 valence electrons. The zero-order valence-electron chi connectivity index (χ0n) is 15.4. The highest BCUT2D eigenvalue weighted by Crippen LogP contribution is 2.16. The lowest BCUT2D eigenvalue weighted by atomic mass is 10.1. The molecule has 0 spiro atoms. The third-order valence-corrected chi connectivity index (χ3v) is 3.70. The number of carbonyl (C=O) groups excluding carboxylic acids is 3. The molecule has 0 unspecified atom stereocenters. The van der Waals surface area contributed by atoms with Gasteiger partial charge in [0, 0.05) is 18.5 Å². The van der Waals surface area contributed by atoms with E-state index in [1.165, 1.54) is 0 Å². The van der Waals surface area contributed by atoms with Crippen LogP contribution in [0.1, 0.15) is 24.0 Å². The predicted molar refractivity (Wildman–Crippen MR) is 102 cm³/mol. The van der Waals surface area contributed by atoms with Gasteiger partial charge in [-0.3, -0.25) is 25.2 Å². The lowest BCUT2D eigenvalue weighted by Crippen LogP contribution is -2.44. The topological polar surface area (TPSA) is 96.5 Å². The Bertz CT molecular complexity index is 806. The smallest absolute Gasteiger partial charge is 0.276 e. The number of aryl methyl sites for hydroxylation is 2. The second-order valence-electron chi connectivity index (χ2n) is 6.06. The number of para-hydroxylation sites is 1. The van der Waals surface area contributed by atoms with Gasteiger partial charge < -0.3 is 10.1 Å². The number of ether oxygens (including phenoxy) is 1. The largest absolute Gasteiger partial charge is 0.484 e. The van der Waals surface area contributed by atoms with Crippen LogP contribution in [0, 0.1) is 13.8 Å². The Morgan fingerprint density at radius 1 is 0.852 bits per heavy atom. The molecule has 7 nitrogen and oxygen atoms in total. The highest BCUT2D eigenvalue weighted by molar-refractivity contribution is 5.94. The third kappa shape index (κ3) is 7.19. The first-order chi connectivity index (χ1) is 12.9. The molecule has 3 N–H and O–H groups in total. The number of anilines is 1. The number of benzene rings is 2. The van der Waals surface area contributed by atoms with Crippen LogP contribution in [0.2, 0.25) is 0 Å². The first-order valence-electron chi connectivity index (χ1n) is 8.56. The minimum absolute atomic E-state index is 0.00952. The number of nitrogens with one attached hydrogen (secondary N) is 3. The Labute approximate surface area is 158 Å². The van der Waals surface area contributed by atoms with Crippen molar-refractivity contribution in [1.82, 2.24) is 10.9 Å². The predicted octanol–water partition coefficient (Wildman–Crippen LogP) is 2.25. The van der Waals surface area contributed by atoms with Crippen molar-refractivity contribution in [2.24, 2.45) is 0 Å². The van der Waals surface area contributed by atoms with Crippen LogP contribution in [-0.2, 0) is 14.4 Å². The second-order valence-corrected chi connectivity index (χ2v) is 6.06. The van der Waals surface area contributed by atoms with Crippen molar-refractivity contribution in [3.05, 3.63) is 59.7 Å². The Balaban J connectivity index is 1.65. The lowest BCUT2D eigenvalue weighted by molar-refractivity contribution is -0.130. The maximum Gasteiger partial charge on any atom is 0.276 e. The van der Waals surface area contributed by atoms with Gasteiger partial charge >= 0.3 is 0 Å². The summed E-state index contributed by atoms with van der Waals surface area (Å²) in [6, 6.07) is 14.6. The van der Waals surface area contributed by atoms with Crippen molar-refractivity contribution in [3.8, 4) is 5.75 Å². The molecule has 0 bridgehead atoms. The maximum atomic E-state index is 12.0. The van der Waals surface area contributed by atoms with Gasteiger partial charge in [0.1, 0.15) is 5.75 Å². The van der Waals surface area contributed by atoms with Crippen LogP contribution in [-0.4, -0.2) is 24.3 Å². The summed E-state index contributed by atoms with van der Waals surface area (Å²) >= 11 is 0. The van der Waals surface area contributed by atoms with Gasteiger partial charge in [0.2, 0.25) is 11.8 Å². The fourth-order valence-corrected chi connectivity index (χ4v) is 2.21. The molecule has 0 aliphatic heterocycles. The fraction of sp³-hybridized carbons (Fsp3) is 0.250. The van der Waals surface area contributed by atoms with E-state index in [0.29, 0.717) is 5.75 Å². The summed E-state index contributed by atoms with van der Waals surface area (Å²) in [5, 5.41) is 2.78. The zero-order valence-corrected chi connectivity index (χ0v) is 15.4. The SMILES string of the molecule is Cc1ccc(C)c(NC(=O)CCC(=O)NNC(=O)COc2ccccc2)c1. The highest BCUT2D eigenvalue weighted by Gasteiger charge is 2.10. The Morgan fingerprint density at radius 2 is 1.52 bits per heavy atom. The van der Waals surface area contributed by atoms with E-state index in [4.69, 9.17) is 4.74 Å². The molecule has 3 amide bonds. The van der Waals surface area contributed by atoms with Crippen molar-refractivity contribution in [2.45, 2.75) is 26.7 Å². The van der Waals surface area contributed by atoms with E-state index in [2.05, 4.69) is 16.2 Å². The van der Waals surface area contributed by atoms with Crippen LogP contribution < -0.4 is 20.9 Å². The van der Waals surface area contributed by atoms with Gasteiger partial charge in [-0.2, -0.15) is 0 Å². The van der Waals surface area contributed by atoms with Gasteiger partial charge in [-0.05, 0) is 43.2 Å². The number of hydrazine groups is 1. The van der Waals surface area contributed by atoms with Crippen LogP contribution in [0.5, 0.6) is 5.75 Å². The van der Waals surface area contributed by atoms with E-state index < -0.39 is 11.8 Å². The van der Waals surface area contributed by atoms with Gasteiger partial charge in [0.15, 0.2) is 6.61 Å². The molecule has 0 saturated heterocycles. The molecular weight excluding hydrogens is 346 g/mol. The van der Waals surface area contributed by atoms with Crippen molar-refractivity contribution in [2.75, 3.05) is 11.9 Å². The Hall–Kier alpha value is -3.35. The molecular formula is C20H23N3O4. The molecule has 0 heterocycles. The maximum absolute atomic E-state index is 12.0. The first-order valence-corrected chi connectivity index (χ1v) is 8.56. The van der Waals surface area contributed by atoms with Gasteiger partial charge in [-0.1, -0.05) is 30.3 Å². The number of rotatable bonds is 7. The van der Waals surface area contributed by atoms with Gasteiger partial charge in [-0.15, -0.1) is 0 Å². The Morgan fingerprint density at radius 3 is 2.26 bits per heavy atom. The minimum Gasteiger partial charge on any atom is -0.484 e.